The largest absolute Gasteiger partial charge is 0.336 e. The molecule has 7 nitrogen and oxygen atoms in total. The molecule has 2 aliphatic carbocycles. The molecule has 1 aliphatic heterocycles. The van der Waals surface area contributed by atoms with Gasteiger partial charge in [-0.3, -0.25) is 19.5 Å². The Morgan fingerprint density at radius 3 is 2.38 bits per heavy atom. The first kappa shape index (κ1) is 20.4. The van der Waals surface area contributed by atoms with Gasteiger partial charge in [0, 0.05) is 19.3 Å². The van der Waals surface area contributed by atoms with E-state index in [4.69, 9.17) is 0 Å². The molecule has 2 aromatic rings. The molecular weight excluding hydrogens is 404 g/mol. The van der Waals surface area contributed by atoms with Crippen molar-refractivity contribution in [3.63, 3.8) is 0 Å². The summed E-state index contributed by atoms with van der Waals surface area (Å²) in [5.41, 5.74) is 2.78. The average molecular weight is 431 g/mol. The van der Waals surface area contributed by atoms with E-state index in [0.29, 0.717) is 0 Å². The third-order valence-corrected chi connectivity index (χ3v) is 6.85. The van der Waals surface area contributed by atoms with Crippen molar-refractivity contribution < 1.29 is 14.4 Å². The van der Waals surface area contributed by atoms with E-state index in [9.17, 15) is 14.4 Å². The summed E-state index contributed by atoms with van der Waals surface area (Å²) in [6.07, 6.45) is 6.76. The molecule has 4 amide bonds. The molecule has 1 aromatic heterocycles. The Morgan fingerprint density at radius 1 is 1.06 bits per heavy atom. The fourth-order valence-electron chi connectivity index (χ4n) is 5.28. The molecule has 7 heteroatoms. The minimum Gasteiger partial charge on any atom is -0.336 e. The van der Waals surface area contributed by atoms with Crippen LogP contribution < -0.4 is 10.6 Å². The number of imide groups is 1. The van der Waals surface area contributed by atoms with Crippen LogP contribution in [0.3, 0.4) is 0 Å². The van der Waals surface area contributed by atoms with E-state index in [0.717, 1.165) is 23.2 Å². The van der Waals surface area contributed by atoms with Gasteiger partial charge in [-0.25, -0.2) is 4.79 Å². The summed E-state index contributed by atoms with van der Waals surface area (Å²) in [5.74, 6) is -0.217. The zero-order valence-electron chi connectivity index (χ0n) is 17.9. The van der Waals surface area contributed by atoms with Gasteiger partial charge in [0.05, 0.1) is 23.6 Å². The topological polar surface area (TPSA) is 91.4 Å². The molecule has 2 N–H and O–H groups in total. The fraction of sp³-hybridized carbons (Fsp3) is 0.360. The minimum atomic E-state index is -0.409. The molecule has 164 valence electrons. The van der Waals surface area contributed by atoms with E-state index in [-0.39, 0.29) is 54.6 Å². The number of hydrogen-bond donors (Lipinski definition) is 2. The molecule has 0 spiro atoms. The van der Waals surface area contributed by atoms with Crippen LogP contribution >= 0.6 is 0 Å². The van der Waals surface area contributed by atoms with Gasteiger partial charge in [0.1, 0.15) is 0 Å². The van der Waals surface area contributed by atoms with Gasteiger partial charge in [0.2, 0.25) is 11.8 Å². The number of benzene rings is 1. The number of pyridine rings is 1. The lowest BCUT2D eigenvalue weighted by atomic mass is 9.85. The Labute approximate surface area is 186 Å². The number of nitrogens with zero attached hydrogens (tertiary/aromatic N) is 2. The molecule has 1 saturated heterocycles. The summed E-state index contributed by atoms with van der Waals surface area (Å²) in [6.45, 7) is 2.40. The fourth-order valence-corrected chi connectivity index (χ4v) is 5.28. The summed E-state index contributed by atoms with van der Waals surface area (Å²) >= 11 is 0. The third-order valence-electron chi connectivity index (χ3n) is 6.85. The van der Waals surface area contributed by atoms with Crippen LogP contribution in [0.25, 0.3) is 0 Å². The van der Waals surface area contributed by atoms with E-state index in [1.54, 1.807) is 6.20 Å². The van der Waals surface area contributed by atoms with Crippen LogP contribution in [0, 0.1) is 30.6 Å². The second kappa shape index (κ2) is 8.22. The highest BCUT2D eigenvalue weighted by Gasteiger charge is 2.58. The van der Waals surface area contributed by atoms with Crippen molar-refractivity contribution >= 4 is 17.8 Å². The summed E-state index contributed by atoms with van der Waals surface area (Å²) in [6, 6.07) is 12.7. The lowest BCUT2D eigenvalue weighted by Gasteiger charge is -2.21. The normalized spacial score (nSPS) is 26.3. The van der Waals surface area contributed by atoms with Crippen LogP contribution in [-0.4, -0.2) is 40.8 Å². The van der Waals surface area contributed by atoms with Crippen molar-refractivity contribution in [2.75, 3.05) is 13.1 Å². The molecule has 2 fully saturated rings. The first-order valence-corrected chi connectivity index (χ1v) is 11.1. The number of nitrogens with one attached hydrogen (secondary N) is 2. The van der Waals surface area contributed by atoms with E-state index in [1.165, 1.54) is 4.90 Å². The number of hydrogen-bond acceptors (Lipinski definition) is 4. The number of fused-ring (bicyclic) bond motifs is 5. The van der Waals surface area contributed by atoms with Crippen LogP contribution in [0.1, 0.15) is 29.3 Å². The Hall–Kier alpha value is -3.48. The summed E-state index contributed by atoms with van der Waals surface area (Å²) < 4.78 is 0. The SMILES string of the molecule is Cc1ccc(C(NC(=O)NCCN2C(=O)C3C4C=CC(C4)C3C2=O)c2ccccn2)cc1. The van der Waals surface area contributed by atoms with E-state index in [2.05, 4.69) is 27.8 Å². The van der Waals surface area contributed by atoms with Gasteiger partial charge in [-0.15, -0.1) is 0 Å². The van der Waals surface area contributed by atoms with Gasteiger partial charge >= 0.3 is 6.03 Å². The Kier molecular flexibility index (Phi) is 5.25. The maximum Gasteiger partial charge on any atom is 0.315 e. The Bertz CT molecular complexity index is 1040. The van der Waals surface area contributed by atoms with Gasteiger partial charge in [0.15, 0.2) is 0 Å². The molecular formula is C25H26N4O3. The van der Waals surface area contributed by atoms with Gasteiger partial charge in [0.25, 0.3) is 0 Å². The van der Waals surface area contributed by atoms with Gasteiger partial charge in [-0.1, -0.05) is 48.0 Å². The average Bonchev–Trinajstić information content (AvgIpc) is 3.49. The lowest BCUT2D eigenvalue weighted by molar-refractivity contribution is -0.140. The van der Waals surface area contributed by atoms with Gasteiger partial charge < -0.3 is 10.6 Å². The molecule has 1 saturated carbocycles. The smallest absolute Gasteiger partial charge is 0.315 e. The molecule has 2 heterocycles. The Morgan fingerprint density at radius 2 is 1.75 bits per heavy atom. The van der Waals surface area contributed by atoms with Crippen molar-refractivity contribution in [2.45, 2.75) is 19.4 Å². The molecule has 1 aromatic carbocycles. The zero-order chi connectivity index (χ0) is 22.2. The number of aryl methyl sites for hydroxylation is 1. The van der Waals surface area contributed by atoms with Crippen LogP contribution in [0.2, 0.25) is 0 Å². The Balaban J connectivity index is 1.21. The minimum absolute atomic E-state index is 0.0925. The van der Waals surface area contributed by atoms with Crippen LogP contribution in [0.5, 0.6) is 0 Å². The zero-order valence-corrected chi connectivity index (χ0v) is 17.9. The lowest BCUT2D eigenvalue weighted by Crippen LogP contribution is -2.44. The second-order valence-corrected chi connectivity index (χ2v) is 8.83. The third kappa shape index (κ3) is 3.57. The van der Waals surface area contributed by atoms with E-state index in [1.807, 2.05) is 49.4 Å². The van der Waals surface area contributed by atoms with Crippen molar-refractivity contribution in [1.82, 2.24) is 20.5 Å². The number of carbonyl (C=O) groups excluding carboxylic acids is 3. The molecule has 2 bridgehead atoms. The van der Waals surface area contributed by atoms with Crippen molar-refractivity contribution in [3.05, 3.63) is 77.6 Å². The molecule has 5 rings (SSSR count). The highest BCUT2D eigenvalue weighted by Crippen LogP contribution is 2.52. The monoisotopic (exact) mass is 430 g/mol. The molecule has 0 radical (unpaired) electrons. The van der Waals surface area contributed by atoms with E-state index < -0.39 is 6.04 Å². The van der Waals surface area contributed by atoms with Crippen molar-refractivity contribution in [3.8, 4) is 0 Å². The number of aromatic nitrogens is 1. The van der Waals surface area contributed by atoms with Crippen molar-refractivity contribution in [1.29, 1.82) is 0 Å². The number of carbonyl (C=O) groups is 3. The number of amides is 4. The summed E-state index contributed by atoms with van der Waals surface area (Å²) in [5, 5.41) is 5.77. The quantitative estimate of drug-likeness (QED) is 0.544. The number of allylic oxidation sites excluding steroid dienone is 2. The summed E-state index contributed by atoms with van der Waals surface area (Å²) in [4.78, 5) is 43.9. The van der Waals surface area contributed by atoms with Crippen LogP contribution in [0.4, 0.5) is 4.79 Å². The second-order valence-electron chi connectivity index (χ2n) is 8.83. The first-order valence-electron chi connectivity index (χ1n) is 11.1. The highest BCUT2D eigenvalue weighted by molar-refractivity contribution is 6.06. The molecule has 32 heavy (non-hydrogen) atoms. The maximum absolute atomic E-state index is 12.8. The highest BCUT2D eigenvalue weighted by atomic mass is 16.2. The van der Waals surface area contributed by atoms with Gasteiger partial charge in [-0.05, 0) is 42.9 Å². The number of likely N-dealkylation sites (tertiary alicyclic amines) is 1. The number of urea groups is 1. The predicted octanol–water partition coefficient (Wildman–Crippen LogP) is 2.59. The van der Waals surface area contributed by atoms with Crippen LogP contribution in [-0.2, 0) is 9.59 Å². The van der Waals surface area contributed by atoms with Crippen LogP contribution in [0.15, 0.2) is 60.8 Å². The predicted molar refractivity (Wildman–Crippen MR) is 118 cm³/mol. The molecule has 5 atom stereocenters. The van der Waals surface area contributed by atoms with Gasteiger partial charge in [-0.2, -0.15) is 0 Å². The summed E-state index contributed by atoms with van der Waals surface area (Å²) in [7, 11) is 0. The van der Waals surface area contributed by atoms with E-state index >= 15 is 0 Å². The molecule has 5 unspecified atom stereocenters. The maximum atomic E-state index is 12.8. The standard InChI is InChI=1S/C25H26N4O3/c1-15-5-7-16(8-6-15)22(19-4-2-3-11-26-19)28-25(32)27-12-13-29-23(30)20-17-9-10-18(14-17)21(20)24(29)31/h2-11,17-18,20-22H,12-14H2,1H3,(H2,27,28,32). The van der Waals surface area contributed by atoms with Crippen molar-refractivity contribution in [2.24, 2.45) is 23.7 Å². The number of rotatable bonds is 6. The first-order chi connectivity index (χ1) is 15.5. The molecule has 3 aliphatic rings.